The minimum Gasteiger partial charge on any atom is -0.461 e. The molecule has 0 spiro atoms. The van der Waals surface area contributed by atoms with Crippen LogP contribution < -0.4 is 16.0 Å². The van der Waals surface area contributed by atoms with Gasteiger partial charge in [0.05, 0.1) is 12.8 Å². The molecule has 3 amide bonds. The molecule has 1 aliphatic rings. The van der Waals surface area contributed by atoms with Gasteiger partial charge in [0, 0.05) is 5.92 Å². The molecule has 13 nitrogen and oxygen atoms in total. The summed E-state index contributed by atoms with van der Waals surface area (Å²) in [6, 6.07) is 21.3. The van der Waals surface area contributed by atoms with Crippen molar-refractivity contribution in [1.29, 1.82) is 0 Å². The molecule has 3 aromatic carbocycles. The summed E-state index contributed by atoms with van der Waals surface area (Å²) in [5.74, 6) is -4.10. The van der Waals surface area contributed by atoms with Gasteiger partial charge in [-0.25, -0.2) is 9.59 Å². The lowest BCUT2D eigenvalue weighted by molar-refractivity contribution is -0.160. The maximum absolute atomic E-state index is 13.9. The van der Waals surface area contributed by atoms with Gasteiger partial charge < -0.3 is 34.9 Å². The second-order valence-corrected chi connectivity index (χ2v) is 18.4. The highest BCUT2D eigenvalue weighted by Crippen LogP contribution is 2.44. The third kappa shape index (κ3) is 17.6. The molecule has 3 N–H and O–H groups in total. The number of benzene rings is 3. The predicted molar refractivity (Wildman–Crippen MR) is 254 cm³/mol. The van der Waals surface area contributed by atoms with Crippen LogP contribution in [0.1, 0.15) is 155 Å². The molecule has 0 aliphatic heterocycles. The Hall–Kier alpha value is -5.72. The van der Waals surface area contributed by atoms with Crippen LogP contribution >= 0.6 is 0 Å². The van der Waals surface area contributed by atoms with Gasteiger partial charge in [-0.05, 0) is 74.3 Å². The van der Waals surface area contributed by atoms with E-state index in [0.717, 1.165) is 53.5 Å². The first-order valence-corrected chi connectivity index (χ1v) is 23.9. The fourth-order valence-corrected chi connectivity index (χ4v) is 7.97. The van der Waals surface area contributed by atoms with Crippen molar-refractivity contribution in [2.75, 3.05) is 6.61 Å². The van der Waals surface area contributed by atoms with Crippen LogP contribution in [0, 0.1) is 5.92 Å². The summed E-state index contributed by atoms with van der Waals surface area (Å²) < 4.78 is 22.7. The number of alkyl carbamates (subject to hydrolysis) is 1. The van der Waals surface area contributed by atoms with Crippen LogP contribution in [0.5, 0.6) is 0 Å². The Morgan fingerprint density at radius 2 is 1.21 bits per heavy atom. The number of amides is 3. The van der Waals surface area contributed by atoms with E-state index in [1.807, 2.05) is 85.8 Å². The molecule has 0 saturated heterocycles. The third-order valence-electron chi connectivity index (χ3n) is 11.8. The van der Waals surface area contributed by atoms with Gasteiger partial charge in [0.2, 0.25) is 11.8 Å². The molecule has 0 heterocycles. The lowest BCUT2D eigenvalue weighted by Crippen LogP contribution is -2.56. The topological polar surface area (TPSA) is 175 Å². The number of nitrogens with one attached hydrogen (secondary N) is 3. The summed E-state index contributed by atoms with van der Waals surface area (Å²) in [7, 11) is 0. The highest BCUT2D eigenvalue weighted by atomic mass is 16.6. The van der Waals surface area contributed by atoms with Crippen molar-refractivity contribution < 1.29 is 47.7 Å². The van der Waals surface area contributed by atoms with Crippen LogP contribution in [-0.4, -0.2) is 72.3 Å². The predicted octanol–water partition coefficient (Wildman–Crippen LogP) is 9.63. The van der Waals surface area contributed by atoms with Crippen molar-refractivity contribution in [1.82, 2.24) is 16.0 Å². The van der Waals surface area contributed by atoms with Crippen molar-refractivity contribution in [3.63, 3.8) is 0 Å². The van der Waals surface area contributed by atoms with E-state index in [2.05, 4.69) is 22.9 Å². The average Bonchev–Trinajstić information content (AvgIpc) is 3.61. The molecule has 0 fully saturated rings. The summed E-state index contributed by atoms with van der Waals surface area (Å²) in [5.41, 5.74) is 4.07. The average molecular weight is 912 g/mol. The van der Waals surface area contributed by atoms with Crippen molar-refractivity contribution in [2.45, 2.75) is 174 Å². The molecule has 3 aromatic rings. The fraction of sp³-hybridized carbons (Fsp3) is 0.547. The maximum atomic E-state index is 13.9. The molecule has 0 radical (unpaired) electrons. The van der Waals surface area contributed by atoms with Crippen LogP contribution in [-0.2, 0) is 49.5 Å². The number of fused-ring (bicyclic) bond motifs is 3. The summed E-state index contributed by atoms with van der Waals surface area (Å²) in [4.78, 5) is 80.9. The first-order valence-electron chi connectivity index (χ1n) is 23.9. The van der Waals surface area contributed by atoms with E-state index in [9.17, 15) is 28.8 Å². The number of unbranched alkanes of at least 4 members (excludes halogenated alkanes) is 8. The largest absolute Gasteiger partial charge is 0.461 e. The highest BCUT2D eigenvalue weighted by molar-refractivity contribution is 5.94. The van der Waals surface area contributed by atoms with E-state index >= 15 is 0 Å². The van der Waals surface area contributed by atoms with Gasteiger partial charge in [-0.15, -0.1) is 0 Å². The molecule has 5 atom stereocenters. The molecule has 4 rings (SSSR count). The second-order valence-electron chi connectivity index (χ2n) is 18.4. The Balaban J connectivity index is 1.39. The highest BCUT2D eigenvalue weighted by Gasteiger charge is 2.35. The first kappa shape index (κ1) is 52.9. The Morgan fingerprint density at radius 1 is 0.636 bits per heavy atom. The monoisotopic (exact) mass is 912 g/mol. The quantitative estimate of drug-likeness (QED) is 0.0379. The fourth-order valence-electron chi connectivity index (χ4n) is 7.97. The summed E-state index contributed by atoms with van der Waals surface area (Å²) >= 11 is 0. The molecule has 66 heavy (non-hydrogen) atoms. The third-order valence-corrected chi connectivity index (χ3v) is 11.8. The lowest BCUT2D eigenvalue weighted by atomic mass is 9.98. The van der Waals surface area contributed by atoms with Crippen LogP contribution in [0.15, 0.2) is 78.9 Å². The smallest absolute Gasteiger partial charge is 0.407 e. The Morgan fingerprint density at radius 3 is 1.80 bits per heavy atom. The van der Waals surface area contributed by atoms with E-state index < -0.39 is 72.1 Å². The van der Waals surface area contributed by atoms with Crippen molar-refractivity contribution in [3.8, 4) is 11.1 Å². The van der Waals surface area contributed by atoms with Crippen LogP contribution in [0.3, 0.4) is 0 Å². The van der Waals surface area contributed by atoms with Gasteiger partial charge in [0.15, 0.2) is 0 Å². The summed E-state index contributed by atoms with van der Waals surface area (Å²) in [6.45, 7) is 12.4. The molecule has 360 valence electrons. The van der Waals surface area contributed by atoms with Crippen molar-refractivity contribution in [3.05, 3.63) is 95.6 Å². The number of hydrogen-bond donors (Lipinski definition) is 3. The summed E-state index contributed by atoms with van der Waals surface area (Å²) in [5, 5.41) is 7.85. The Labute approximate surface area is 391 Å². The van der Waals surface area contributed by atoms with E-state index in [1.54, 1.807) is 27.7 Å². The van der Waals surface area contributed by atoms with Gasteiger partial charge in [-0.2, -0.15) is 0 Å². The van der Waals surface area contributed by atoms with Crippen LogP contribution in [0.4, 0.5) is 4.79 Å². The number of carbonyl (C=O) groups is 6. The SMILES string of the molecule is CCCCCCCCCCCC(CC(=O)OCc1ccccc1)OC(=O)[C@@H](NC(=O)[C@@H](C)NC(=O)[C@H](CC(=O)OC(C)(C)C)NC(=O)OCC1c2ccccc2-c2ccccc21)[C@@H](C)CC. The van der Waals surface area contributed by atoms with E-state index in [1.165, 1.54) is 39.0 Å². The molecular formula is C53H73N3O10. The zero-order valence-electron chi connectivity index (χ0n) is 40.2. The molecule has 1 aliphatic carbocycles. The van der Waals surface area contributed by atoms with Gasteiger partial charge in [0.25, 0.3) is 0 Å². The number of carbonyl (C=O) groups excluding carboxylic acids is 6. The minimum atomic E-state index is -1.47. The molecule has 0 aromatic heterocycles. The van der Waals surface area contributed by atoms with Crippen LogP contribution in [0.25, 0.3) is 11.1 Å². The van der Waals surface area contributed by atoms with Crippen molar-refractivity contribution >= 4 is 35.8 Å². The molecular weight excluding hydrogens is 839 g/mol. The molecule has 13 heteroatoms. The van der Waals surface area contributed by atoms with Gasteiger partial charge in [-0.1, -0.05) is 157 Å². The maximum Gasteiger partial charge on any atom is 0.407 e. The molecule has 0 saturated carbocycles. The molecule has 0 bridgehead atoms. The standard InChI is InChI=1S/C53H73N3O10/c1-8-10-11-12-13-14-15-16-20-27-39(32-46(57)63-34-38-25-18-17-19-26-38)65-51(61)48(36(3)9-2)56-49(59)37(4)54-50(60)45(33-47(58)66-53(5,6)7)55-52(62)64-35-44-42-30-23-21-28-40(42)41-29-22-24-31-43(41)44/h17-19,21-26,28-31,36-37,39,44-45,48H,8-16,20,27,32-35H2,1-7H3,(H,54,60)(H,55,62)(H,56,59)/t36-,37+,39?,45-,48-/m0/s1. The first-order chi connectivity index (χ1) is 31.6. The minimum absolute atomic E-state index is 0.0263. The number of ether oxygens (including phenoxy) is 4. The zero-order valence-corrected chi connectivity index (χ0v) is 40.2. The number of hydrogen-bond acceptors (Lipinski definition) is 10. The van der Waals surface area contributed by atoms with E-state index in [4.69, 9.17) is 18.9 Å². The van der Waals surface area contributed by atoms with Crippen LogP contribution in [0.2, 0.25) is 0 Å². The van der Waals surface area contributed by atoms with Crippen molar-refractivity contribution in [2.24, 2.45) is 5.92 Å². The van der Waals surface area contributed by atoms with E-state index in [0.29, 0.717) is 12.8 Å². The Bertz CT molecular complexity index is 1990. The summed E-state index contributed by atoms with van der Waals surface area (Å²) in [6.07, 6.45) is 8.49. The van der Waals surface area contributed by atoms with Gasteiger partial charge >= 0.3 is 24.0 Å². The number of esters is 3. The second kappa shape index (κ2) is 27.0. The lowest BCUT2D eigenvalue weighted by Gasteiger charge is -2.27. The van der Waals surface area contributed by atoms with E-state index in [-0.39, 0.29) is 31.5 Å². The Kier molecular flexibility index (Phi) is 21.7. The molecule has 1 unspecified atom stereocenters. The normalized spacial score (nSPS) is 14.3. The number of rotatable bonds is 27. The van der Waals surface area contributed by atoms with Gasteiger partial charge in [-0.3, -0.25) is 19.2 Å². The van der Waals surface area contributed by atoms with Gasteiger partial charge in [0.1, 0.15) is 43.0 Å². The zero-order chi connectivity index (χ0) is 48.1.